The maximum atomic E-state index is 11.7. The molecule has 0 unspecified atom stereocenters. The van der Waals surface area contributed by atoms with E-state index in [1.807, 2.05) is 0 Å². The molecule has 0 aliphatic heterocycles. The van der Waals surface area contributed by atoms with Crippen LogP contribution in [0.5, 0.6) is 0 Å². The summed E-state index contributed by atoms with van der Waals surface area (Å²) in [6.45, 7) is 0.343. The lowest BCUT2D eigenvalue weighted by Gasteiger charge is -2.04. The number of hydrogen-bond acceptors (Lipinski definition) is 4. The van der Waals surface area contributed by atoms with Gasteiger partial charge in [-0.3, -0.25) is 14.1 Å². The summed E-state index contributed by atoms with van der Waals surface area (Å²) in [5.41, 5.74) is 1.86. The second-order valence-electron chi connectivity index (χ2n) is 4.35. The van der Waals surface area contributed by atoms with Crippen molar-refractivity contribution in [2.45, 2.75) is 17.7 Å². The molecule has 0 amide bonds. The zero-order valence-corrected chi connectivity index (χ0v) is 12.0. The first-order valence-corrected chi connectivity index (χ1v) is 7.76. The van der Waals surface area contributed by atoms with Crippen LogP contribution in [0.4, 0.5) is 0 Å². The van der Waals surface area contributed by atoms with Crippen LogP contribution in [0.15, 0.2) is 41.6 Å². The molecule has 6 heteroatoms. The average Bonchev–Trinajstić information content (AvgIpc) is 2.92. The molecule has 0 aliphatic rings. The third-order valence-corrected chi connectivity index (χ3v) is 3.75. The third kappa shape index (κ3) is 4.31. The largest absolute Gasteiger partial charge is 0.465 e. The Bertz CT molecular complexity index is 579. The molecular formula is C14H16N2O3S. The molecule has 0 saturated heterocycles. The Hall–Kier alpha value is -1.95. The van der Waals surface area contributed by atoms with E-state index in [1.165, 1.54) is 0 Å². The van der Waals surface area contributed by atoms with Crippen molar-refractivity contribution in [2.75, 3.05) is 12.9 Å². The SMILES string of the molecule is C[S@@](=O)c1ccc(CC(=O)OCCc2cn[nH]c2)cc1. The molecule has 1 aromatic heterocycles. The summed E-state index contributed by atoms with van der Waals surface area (Å²) in [5, 5.41) is 6.53. The van der Waals surface area contributed by atoms with Gasteiger partial charge < -0.3 is 4.74 Å². The highest BCUT2D eigenvalue weighted by molar-refractivity contribution is 7.84. The summed E-state index contributed by atoms with van der Waals surface area (Å²) >= 11 is 0. The number of benzene rings is 1. The molecule has 0 bridgehead atoms. The summed E-state index contributed by atoms with van der Waals surface area (Å²) in [4.78, 5) is 12.4. The second-order valence-corrected chi connectivity index (χ2v) is 5.73. The van der Waals surface area contributed by atoms with E-state index in [0.29, 0.717) is 13.0 Å². The fourth-order valence-corrected chi connectivity index (χ4v) is 2.23. The number of hydrogen-bond donors (Lipinski definition) is 1. The van der Waals surface area contributed by atoms with Crippen LogP contribution >= 0.6 is 0 Å². The molecule has 1 aromatic carbocycles. The number of rotatable bonds is 6. The van der Waals surface area contributed by atoms with Crippen LogP contribution in [-0.4, -0.2) is 33.2 Å². The number of aromatic nitrogens is 2. The smallest absolute Gasteiger partial charge is 0.310 e. The van der Waals surface area contributed by atoms with Gasteiger partial charge in [0, 0.05) is 34.6 Å². The van der Waals surface area contributed by atoms with E-state index in [1.54, 1.807) is 42.9 Å². The van der Waals surface area contributed by atoms with E-state index < -0.39 is 10.8 Å². The molecule has 0 fully saturated rings. The molecule has 20 heavy (non-hydrogen) atoms. The number of carbonyl (C=O) groups excluding carboxylic acids is 1. The molecule has 1 N–H and O–H groups in total. The number of nitrogens with zero attached hydrogens (tertiary/aromatic N) is 1. The lowest BCUT2D eigenvalue weighted by Crippen LogP contribution is -2.10. The van der Waals surface area contributed by atoms with Gasteiger partial charge in [0.2, 0.25) is 0 Å². The van der Waals surface area contributed by atoms with Crippen LogP contribution in [0, 0.1) is 0 Å². The molecular weight excluding hydrogens is 276 g/mol. The molecule has 2 rings (SSSR count). The number of ether oxygens (including phenoxy) is 1. The number of esters is 1. The van der Waals surface area contributed by atoms with Crippen LogP contribution in [-0.2, 0) is 33.2 Å². The Labute approximate surface area is 119 Å². The molecule has 1 heterocycles. The molecule has 0 radical (unpaired) electrons. The van der Waals surface area contributed by atoms with Gasteiger partial charge >= 0.3 is 5.97 Å². The van der Waals surface area contributed by atoms with E-state index in [-0.39, 0.29) is 12.4 Å². The number of carbonyl (C=O) groups is 1. The summed E-state index contributed by atoms with van der Waals surface area (Å²) in [6, 6.07) is 7.14. The molecule has 2 aromatic rings. The summed E-state index contributed by atoms with van der Waals surface area (Å²) in [6.07, 6.45) is 5.98. The maximum absolute atomic E-state index is 11.7. The van der Waals surface area contributed by atoms with Crippen molar-refractivity contribution in [1.29, 1.82) is 0 Å². The van der Waals surface area contributed by atoms with Crippen molar-refractivity contribution in [2.24, 2.45) is 0 Å². The highest BCUT2D eigenvalue weighted by Crippen LogP contribution is 2.09. The van der Waals surface area contributed by atoms with Crippen molar-refractivity contribution in [3.05, 3.63) is 47.8 Å². The predicted octanol–water partition coefficient (Wildman–Crippen LogP) is 1.48. The molecule has 5 nitrogen and oxygen atoms in total. The zero-order valence-electron chi connectivity index (χ0n) is 11.2. The fourth-order valence-electron chi connectivity index (χ4n) is 1.71. The van der Waals surface area contributed by atoms with Gasteiger partial charge in [0.25, 0.3) is 0 Å². The second kappa shape index (κ2) is 7.00. The van der Waals surface area contributed by atoms with Crippen molar-refractivity contribution in [3.8, 4) is 0 Å². The standard InChI is InChI=1S/C14H16N2O3S/c1-20(18)13-4-2-11(3-5-13)8-14(17)19-7-6-12-9-15-16-10-12/h2-5,9-10H,6-8H2,1H3,(H,15,16)/t20-/m1/s1. The van der Waals surface area contributed by atoms with Crippen LogP contribution in [0.25, 0.3) is 0 Å². The quantitative estimate of drug-likeness (QED) is 0.819. The van der Waals surface area contributed by atoms with Crippen LogP contribution in [0.2, 0.25) is 0 Å². The maximum Gasteiger partial charge on any atom is 0.310 e. The first-order valence-electron chi connectivity index (χ1n) is 6.21. The van der Waals surface area contributed by atoms with E-state index >= 15 is 0 Å². The molecule has 1 atom stereocenters. The Morgan fingerprint density at radius 2 is 2.05 bits per heavy atom. The number of H-pyrrole nitrogens is 1. The van der Waals surface area contributed by atoms with E-state index in [2.05, 4.69) is 10.2 Å². The highest BCUT2D eigenvalue weighted by Gasteiger charge is 2.06. The monoisotopic (exact) mass is 292 g/mol. The van der Waals surface area contributed by atoms with Gasteiger partial charge in [-0.05, 0) is 23.3 Å². The van der Waals surface area contributed by atoms with Crippen molar-refractivity contribution in [1.82, 2.24) is 10.2 Å². The Balaban J connectivity index is 1.77. The minimum absolute atomic E-state index is 0.224. The minimum Gasteiger partial charge on any atom is -0.465 e. The van der Waals surface area contributed by atoms with Crippen molar-refractivity contribution in [3.63, 3.8) is 0 Å². The minimum atomic E-state index is -0.997. The molecule has 0 saturated carbocycles. The highest BCUT2D eigenvalue weighted by atomic mass is 32.2. The van der Waals surface area contributed by atoms with Gasteiger partial charge in [-0.1, -0.05) is 12.1 Å². The van der Waals surface area contributed by atoms with E-state index in [0.717, 1.165) is 16.0 Å². The van der Waals surface area contributed by atoms with E-state index in [4.69, 9.17) is 4.74 Å². The normalized spacial score (nSPS) is 12.1. The van der Waals surface area contributed by atoms with Gasteiger partial charge in [-0.25, -0.2) is 0 Å². The Morgan fingerprint density at radius 3 is 2.65 bits per heavy atom. The van der Waals surface area contributed by atoms with Gasteiger partial charge in [-0.2, -0.15) is 5.10 Å². The van der Waals surface area contributed by atoms with Gasteiger partial charge in [0.05, 0.1) is 19.2 Å². The molecule has 106 valence electrons. The lowest BCUT2D eigenvalue weighted by atomic mass is 10.1. The third-order valence-electron chi connectivity index (χ3n) is 2.81. The number of aromatic amines is 1. The topological polar surface area (TPSA) is 72.1 Å². The van der Waals surface area contributed by atoms with Crippen LogP contribution < -0.4 is 0 Å². The predicted molar refractivity (Wildman–Crippen MR) is 75.7 cm³/mol. The van der Waals surface area contributed by atoms with E-state index in [9.17, 15) is 9.00 Å². The molecule has 0 spiro atoms. The first kappa shape index (κ1) is 14.5. The number of nitrogens with one attached hydrogen (secondary N) is 1. The Morgan fingerprint density at radius 1 is 1.30 bits per heavy atom. The Kier molecular flexibility index (Phi) is 5.06. The summed E-state index contributed by atoms with van der Waals surface area (Å²) in [5.74, 6) is -0.265. The van der Waals surface area contributed by atoms with Crippen molar-refractivity contribution < 1.29 is 13.7 Å². The van der Waals surface area contributed by atoms with Crippen molar-refractivity contribution >= 4 is 16.8 Å². The van der Waals surface area contributed by atoms with Crippen LogP contribution in [0.3, 0.4) is 0 Å². The fraction of sp³-hybridized carbons (Fsp3) is 0.286. The van der Waals surface area contributed by atoms with Gasteiger partial charge in [0.15, 0.2) is 0 Å². The average molecular weight is 292 g/mol. The summed E-state index contributed by atoms with van der Waals surface area (Å²) < 4.78 is 16.4. The first-order chi connectivity index (χ1) is 9.65. The molecule has 0 aliphatic carbocycles. The van der Waals surface area contributed by atoms with Crippen LogP contribution in [0.1, 0.15) is 11.1 Å². The summed E-state index contributed by atoms with van der Waals surface area (Å²) in [7, 11) is -0.997. The zero-order chi connectivity index (χ0) is 14.4. The van der Waals surface area contributed by atoms with Gasteiger partial charge in [0.1, 0.15) is 0 Å². The van der Waals surface area contributed by atoms with Gasteiger partial charge in [-0.15, -0.1) is 0 Å². The lowest BCUT2D eigenvalue weighted by molar-refractivity contribution is -0.142.